The van der Waals surface area contributed by atoms with Gasteiger partial charge in [-0.2, -0.15) is 0 Å². The number of fused-ring (bicyclic) bond motifs is 1. The molecule has 0 unspecified atom stereocenters. The van der Waals surface area contributed by atoms with Crippen LogP contribution in [0.25, 0.3) is 0 Å². The van der Waals surface area contributed by atoms with E-state index in [4.69, 9.17) is 0 Å². The highest BCUT2D eigenvalue weighted by atomic mass is 79.9. The molecule has 0 saturated carbocycles. The Hall–Kier alpha value is -0.950. The number of pyridine rings is 1. The van der Waals surface area contributed by atoms with Crippen LogP contribution in [0.15, 0.2) is 26.0 Å². The number of aromatic nitrogens is 4. The quantitative estimate of drug-likeness (QED) is 0.794. The van der Waals surface area contributed by atoms with Crippen LogP contribution in [0.2, 0.25) is 0 Å². The van der Waals surface area contributed by atoms with Gasteiger partial charge in [0.1, 0.15) is 5.82 Å². The van der Waals surface area contributed by atoms with E-state index in [1.807, 2.05) is 0 Å². The molecule has 0 aliphatic carbocycles. The van der Waals surface area contributed by atoms with Crippen molar-refractivity contribution in [1.29, 1.82) is 0 Å². The van der Waals surface area contributed by atoms with E-state index in [9.17, 15) is 4.79 Å². The van der Waals surface area contributed by atoms with Crippen molar-refractivity contribution in [3.05, 3.63) is 43.2 Å². The first-order chi connectivity index (χ1) is 9.15. The van der Waals surface area contributed by atoms with Crippen LogP contribution in [0.3, 0.4) is 0 Å². The summed E-state index contributed by atoms with van der Waals surface area (Å²) >= 11 is 6.66. The highest BCUT2D eigenvalue weighted by Gasteiger charge is 2.16. The molecular formula is C12H12Br2N4O. The molecule has 100 valence electrons. The van der Waals surface area contributed by atoms with Crippen LogP contribution in [0.4, 0.5) is 0 Å². The summed E-state index contributed by atoms with van der Waals surface area (Å²) in [5.74, 6) is 1.88. The molecule has 2 aromatic heterocycles. The van der Waals surface area contributed by atoms with Crippen molar-refractivity contribution >= 4 is 31.9 Å². The summed E-state index contributed by atoms with van der Waals surface area (Å²) in [4.78, 5) is 12.1. The number of rotatable bonds is 2. The molecule has 0 aromatic carbocycles. The molecule has 0 N–H and O–H groups in total. The van der Waals surface area contributed by atoms with Crippen molar-refractivity contribution in [2.45, 2.75) is 32.4 Å². The van der Waals surface area contributed by atoms with E-state index in [0.717, 1.165) is 35.5 Å². The first-order valence-electron chi connectivity index (χ1n) is 6.11. The predicted molar refractivity (Wildman–Crippen MR) is 78.2 cm³/mol. The molecule has 1 aliphatic rings. The molecule has 0 bridgehead atoms. The van der Waals surface area contributed by atoms with Gasteiger partial charge >= 0.3 is 0 Å². The molecule has 1 aliphatic heterocycles. The molecule has 3 heterocycles. The monoisotopic (exact) mass is 386 g/mol. The topological polar surface area (TPSA) is 52.7 Å². The maximum absolute atomic E-state index is 12.1. The first kappa shape index (κ1) is 13.1. The molecule has 19 heavy (non-hydrogen) atoms. The lowest BCUT2D eigenvalue weighted by atomic mass is 10.2. The lowest BCUT2D eigenvalue weighted by molar-refractivity contribution is 0.500. The first-order valence-corrected chi connectivity index (χ1v) is 7.70. The van der Waals surface area contributed by atoms with Crippen LogP contribution in [0, 0.1) is 0 Å². The molecule has 0 fully saturated rings. The average molecular weight is 388 g/mol. The van der Waals surface area contributed by atoms with Gasteiger partial charge in [-0.1, -0.05) is 0 Å². The van der Waals surface area contributed by atoms with Gasteiger partial charge in [-0.15, -0.1) is 10.2 Å². The van der Waals surface area contributed by atoms with Crippen molar-refractivity contribution < 1.29 is 0 Å². The van der Waals surface area contributed by atoms with Crippen molar-refractivity contribution in [3.8, 4) is 0 Å². The standard InChI is InChI=1S/C12H12Br2N4O/c13-8-5-9(14)12(19)17(6-8)7-11-16-15-10-3-1-2-4-18(10)11/h5-6H,1-4,7H2. The summed E-state index contributed by atoms with van der Waals surface area (Å²) < 4.78 is 5.17. The number of hydrogen-bond donors (Lipinski definition) is 0. The van der Waals surface area contributed by atoms with Crippen LogP contribution < -0.4 is 5.56 Å². The number of nitrogens with zero attached hydrogens (tertiary/aromatic N) is 4. The average Bonchev–Trinajstić information content (AvgIpc) is 2.79. The summed E-state index contributed by atoms with van der Waals surface area (Å²) in [5, 5.41) is 8.42. The lowest BCUT2D eigenvalue weighted by Gasteiger charge is -2.15. The van der Waals surface area contributed by atoms with Crippen LogP contribution in [0.5, 0.6) is 0 Å². The van der Waals surface area contributed by atoms with E-state index in [0.29, 0.717) is 11.0 Å². The fourth-order valence-electron chi connectivity index (χ4n) is 2.32. The smallest absolute Gasteiger partial charge is 0.265 e. The van der Waals surface area contributed by atoms with E-state index in [-0.39, 0.29) is 5.56 Å². The molecular weight excluding hydrogens is 376 g/mol. The third kappa shape index (κ3) is 2.53. The Kier molecular flexibility index (Phi) is 3.58. The third-order valence-corrected chi connectivity index (χ3v) is 4.26. The molecule has 2 aromatic rings. The van der Waals surface area contributed by atoms with Crippen LogP contribution in [0.1, 0.15) is 24.5 Å². The van der Waals surface area contributed by atoms with Gasteiger partial charge < -0.3 is 9.13 Å². The largest absolute Gasteiger partial charge is 0.313 e. The number of hydrogen-bond acceptors (Lipinski definition) is 3. The minimum atomic E-state index is -0.0589. The molecule has 0 saturated heterocycles. The van der Waals surface area contributed by atoms with Crippen molar-refractivity contribution in [1.82, 2.24) is 19.3 Å². The number of halogens is 2. The molecule has 0 spiro atoms. The van der Waals surface area contributed by atoms with Crippen LogP contribution in [-0.2, 0) is 19.5 Å². The fourth-order valence-corrected chi connectivity index (χ4v) is 3.58. The zero-order valence-electron chi connectivity index (χ0n) is 10.1. The molecule has 5 nitrogen and oxygen atoms in total. The van der Waals surface area contributed by atoms with Crippen molar-refractivity contribution in [3.63, 3.8) is 0 Å². The number of aryl methyl sites for hydroxylation is 1. The van der Waals surface area contributed by atoms with Crippen molar-refractivity contribution in [2.75, 3.05) is 0 Å². The zero-order chi connectivity index (χ0) is 13.4. The summed E-state index contributed by atoms with van der Waals surface area (Å²) in [5.41, 5.74) is -0.0589. The zero-order valence-corrected chi connectivity index (χ0v) is 13.3. The van der Waals surface area contributed by atoms with Gasteiger partial charge in [-0.05, 0) is 50.8 Å². The Bertz CT molecular complexity index is 677. The SMILES string of the molecule is O=c1c(Br)cc(Br)cn1Cc1nnc2n1CCCC2. The van der Waals surface area contributed by atoms with Gasteiger partial charge in [0.25, 0.3) is 5.56 Å². The highest BCUT2D eigenvalue weighted by molar-refractivity contribution is 9.11. The maximum atomic E-state index is 12.1. The van der Waals surface area contributed by atoms with Crippen LogP contribution in [-0.4, -0.2) is 19.3 Å². The fraction of sp³-hybridized carbons (Fsp3) is 0.417. The molecule has 0 amide bonds. The minimum Gasteiger partial charge on any atom is -0.313 e. The van der Waals surface area contributed by atoms with E-state index < -0.39 is 0 Å². The Morgan fingerprint density at radius 1 is 1.26 bits per heavy atom. The van der Waals surface area contributed by atoms with Gasteiger partial charge in [0, 0.05) is 23.6 Å². The minimum absolute atomic E-state index is 0.0589. The van der Waals surface area contributed by atoms with Gasteiger partial charge in [-0.3, -0.25) is 4.79 Å². The maximum Gasteiger partial charge on any atom is 0.265 e. The second-order valence-electron chi connectivity index (χ2n) is 4.58. The second-order valence-corrected chi connectivity index (χ2v) is 6.35. The van der Waals surface area contributed by atoms with Gasteiger partial charge in [0.05, 0.1) is 11.0 Å². The third-order valence-electron chi connectivity index (χ3n) is 3.26. The molecule has 7 heteroatoms. The Morgan fingerprint density at radius 2 is 2.11 bits per heavy atom. The Labute approximate surface area is 126 Å². The summed E-state index contributed by atoms with van der Waals surface area (Å²) in [7, 11) is 0. The predicted octanol–water partition coefficient (Wildman–Crippen LogP) is 2.35. The molecule has 3 rings (SSSR count). The summed E-state index contributed by atoms with van der Waals surface area (Å²) in [6.45, 7) is 1.39. The summed E-state index contributed by atoms with van der Waals surface area (Å²) in [6.07, 6.45) is 5.07. The molecule has 0 radical (unpaired) electrons. The Balaban J connectivity index is 1.98. The van der Waals surface area contributed by atoms with Crippen LogP contribution >= 0.6 is 31.9 Å². The summed E-state index contributed by atoms with van der Waals surface area (Å²) in [6, 6.07) is 1.75. The second kappa shape index (κ2) is 5.20. The molecule has 0 atom stereocenters. The van der Waals surface area contributed by atoms with E-state index in [1.165, 1.54) is 6.42 Å². The van der Waals surface area contributed by atoms with E-state index in [1.54, 1.807) is 16.8 Å². The van der Waals surface area contributed by atoms with Gasteiger partial charge in [-0.25, -0.2) is 0 Å². The Morgan fingerprint density at radius 3 is 2.95 bits per heavy atom. The van der Waals surface area contributed by atoms with Gasteiger partial charge in [0.2, 0.25) is 0 Å². The van der Waals surface area contributed by atoms with E-state index in [2.05, 4.69) is 46.6 Å². The van der Waals surface area contributed by atoms with E-state index >= 15 is 0 Å². The lowest BCUT2D eigenvalue weighted by Crippen LogP contribution is -2.23. The normalized spacial score (nSPS) is 14.4. The van der Waals surface area contributed by atoms with Gasteiger partial charge in [0.15, 0.2) is 5.82 Å². The van der Waals surface area contributed by atoms with Crippen molar-refractivity contribution in [2.24, 2.45) is 0 Å². The highest BCUT2D eigenvalue weighted by Crippen LogP contribution is 2.16.